The first-order chi connectivity index (χ1) is 19.1. The summed E-state index contributed by atoms with van der Waals surface area (Å²) in [5.74, 6) is 1.40. The normalized spacial score (nSPS) is 10.9. The molecule has 0 aliphatic heterocycles. The highest BCUT2D eigenvalue weighted by Gasteiger charge is 2.13. The number of rotatable bonds is 14. The lowest BCUT2D eigenvalue weighted by Gasteiger charge is -2.18. The van der Waals surface area contributed by atoms with E-state index in [9.17, 15) is 4.79 Å². The van der Waals surface area contributed by atoms with Crippen LogP contribution >= 0.6 is 0 Å². The molecular weight excluding hydrogens is 484 g/mol. The number of carbonyl (C=O) groups is 1. The Balaban J connectivity index is 1.39. The molecule has 0 saturated heterocycles. The Hall–Kier alpha value is -3.93. The number of unbranched alkanes of at least 4 members (excludes halogenated alkanes) is 4. The van der Waals surface area contributed by atoms with Crippen LogP contribution in [-0.4, -0.2) is 28.1 Å². The number of carbonyl (C=O) groups excluding carboxylic acids is 1. The first-order valence-corrected chi connectivity index (χ1v) is 14.2. The minimum atomic E-state index is 0.217. The smallest absolute Gasteiger partial charge is 0.249 e. The van der Waals surface area contributed by atoms with Gasteiger partial charge in [0.2, 0.25) is 17.7 Å². The largest absolute Gasteiger partial charge is 0.421 e. The topological polar surface area (TPSA) is 71.3 Å². The molecule has 0 aliphatic rings. The van der Waals surface area contributed by atoms with E-state index in [1.807, 2.05) is 36.2 Å². The molecule has 0 aliphatic carbocycles. The average Bonchev–Trinajstić information content (AvgIpc) is 3.42. The van der Waals surface area contributed by atoms with E-state index in [4.69, 9.17) is 4.42 Å². The van der Waals surface area contributed by atoms with Gasteiger partial charge in [-0.05, 0) is 59.9 Å². The van der Waals surface area contributed by atoms with Gasteiger partial charge in [0, 0.05) is 32.1 Å². The lowest BCUT2D eigenvalue weighted by molar-refractivity contribution is -0.130. The lowest BCUT2D eigenvalue weighted by atomic mass is 10.0. The summed E-state index contributed by atoms with van der Waals surface area (Å²) in [4.78, 5) is 14.4. The van der Waals surface area contributed by atoms with Crippen molar-refractivity contribution in [3.63, 3.8) is 0 Å². The van der Waals surface area contributed by atoms with Crippen molar-refractivity contribution in [1.82, 2.24) is 15.1 Å². The van der Waals surface area contributed by atoms with Gasteiger partial charge < -0.3 is 14.6 Å². The first-order valence-electron chi connectivity index (χ1n) is 14.2. The van der Waals surface area contributed by atoms with Crippen molar-refractivity contribution >= 4 is 17.3 Å². The Kier molecular flexibility index (Phi) is 10.3. The van der Waals surface area contributed by atoms with E-state index in [1.54, 1.807) is 0 Å². The van der Waals surface area contributed by atoms with Gasteiger partial charge in [-0.25, -0.2) is 0 Å². The van der Waals surface area contributed by atoms with Crippen molar-refractivity contribution in [2.75, 3.05) is 12.4 Å². The maximum absolute atomic E-state index is 12.6. The summed E-state index contributed by atoms with van der Waals surface area (Å²) in [5.41, 5.74) is 6.16. The molecule has 6 nitrogen and oxygen atoms in total. The zero-order valence-corrected chi connectivity index (χ0v) is 23.5. The third kappa shape index (κ3) is 8.03. The van der Waals surface area contributed by atoms with E-state index in [0.717, 1.165) is 59.3 Å². The molecule has 1 N–H and O–H groups in total. The minimum Gasteiger partial charge on any atom is -0.421 e. The van der Waals surface area contributed by atoms with Crippen LogP contribution < -0.4 is 5.32 Å². The molecule has 204 valence electrons. The second-order valence-corrected chi connectivity index (χ2v) is 10.1. The number of hydrogen-bond donors (Lipinski definition) is 1. The minimum absolute atomic E-state index is 0.217. The third-order valence-corrected chi connectivity index (χ3v) is 6.85. The second-order valence-electron chi connectivity index (χ2n) is 10.1. The number of amides is 1. The summed E-state index contributed by atoms with van der Waals surface area (Å²) in [7, 11) is 1.90. The molecule has 0 atom stereocenters. The van der Waals surface area contributed by atoms with Crippen LogP contribution in [0.15, 0.2) is 77.2 Å². The highest BCUT2D eigenvalue weighted by atomic mass is 16.4. The molecule has 0 unspecified atom stereocenters. The van der Waals surface area contributed by atoms with Crippen LogP contribution in [0.5, 0.6) is 0 Å². The average molecular weight is 525 g/mol. The van der Waals surface area contributed by atoms with Crippen LogP contribution in [-0.2, 0) is 17.8 Å². The van der Waals surface area contributed by atoms with Gasteiger partial charge in [-0.15, -0.1) is 10.2 Å². The number of aryl methyl sites for hydroxylation is 1. The Bertz CT molecular complexity index is 1330. The summed E-state index contributed by atoms with van der Waals surface area (Å²) in [6, 6.07) is 24.8. The van der Waals surface area contributed by atoms with Crippen LogP contribution in [0.1, 0.15) is 70.2 Å². The van der Waals surface area contributed by atoms with Gasteiger partial charge in [0.05, 0.1) is 11.3 Å². The highest BCUT2D eigenvalue weighted by Crippen LogP contribution is 2.31. The van der Waals surface area contributed by atoms with Gasteiger partial charge in [0.25, 0.3) is 0 Å². The number of para-hydroxylation sites is 1. The van der Waals surface area contributed by atoms with Crippen molar-refractivity contribution in [3.8, 4) is 22.6 Å². The summed E-state index contributed by atoms with van der Waals surface area (Å²) >= 11 is 0. The number of nitrogens with one attached hydrogen (secondary N) is 1. The van der Waals surface area contributed by atoms with Gasteiger partial charge in [0.15, 0.2) is 0 Å². The van der Waals surface area contributed by atoms with E-state index >= 15 is 0 Å². The predicted molar refractivity (Wildman–Crippen MR) is 159 cm³/mol. The van der Waals surface area contributed by atoms with Crippen molar-refractivity contribution in [3.05, 3.63) is 84.3 Å². The number of hydrogen-bond acceptors (Lipinski definition) is 5. The van der Waals surface area contributed by atoms with Crippen molar-refractivity contribution in [2.45, 2.75) is 71.8 Å². The summed E-state index contributed by atoms with van der Waals surface area (Å²) < 4.78 is 5.87. The molecule has 1 heterocycles. The molecular formula is C33H40N4O2. The standard InChI is InChI=1S/C33H40N4O2/c1-4-6-7-8-9-18-32(38)37(3)24-25-14-12-15-27(23-25)26-19-21-28(22-20-26)34-30-17-11-10-16-29(30)33-36-35-31(39-33)13-5-2/h10-12,14-17,19-23,34H,4-9,13,18,24H2,1-3H3. The molecule has 0 saturated carbocycles. The van der Waals surface area contributed by atoms with E-state index < -0.39 is 0 Å². The van der Waals surface area contributed by atoms with E-state index in [2.05, 4.69) is 77.9 Å². The molecule has 1 amide bonds. The molecule has 39 heavy (non-hydrogen) atoms. The van der Waals surface area contributed by atoms with E-state index in [-0.39, 0.29) is 5.91 Å². The van der Waals surface area contributed by atoms with Crippen LogP contribution in [0.25, 0.3) is 22.6 Å². The van der Waals surface area contributed by atoms with Gasteiger partial charge in [-0.2, -0.15) is 0 Å². The van der Waals surface area contributed by atoms with E-state index in [0.29, 0.717) is 24.7 Å². The molecule has 6 heteroatoms. The molecule has 0 radical (unpaired) electrons. The van der Waals surface area contributed by atoms with Crippen LogP contribution in [0, 0.1) is 0 Å². The zero-order chi connectivity index (χ0) is 27.5. The highest BCUT2D eigenvalue weighted by molar-refractivity contribution is 5.78. The van der Waals surface area contributed by atoms with Crippen LogP contribution in [0.3, 0.4) is 0 Å². The molecule has 3 aromatic carbocycles. The van der Waals surface area contributed by atoms with Gasteiger partial charge in [-0.1, -0.05) is 82.0 Å². The number of aromatic nitrogens is 2. The second kappa shape index (κ2) is 14.3. The quantitative estimate of drug-likeness (QED) is 0.168. The molecule has 4 aromatic rings. The molecule has 0 spiro atoms. The molecule has 1 aromatic heterocycles. The SMILES string of the molecule is CCCCCCCC(=O)N(C)Cc1cccc(-c2ccc(Nc3ccccc3-c3nnc(CCC)o3)cc2)c1. The molecule has 4 rings (SSSR count). The van der Waals surface area contributed by atoms with Gasteiger partial charge in [-0.3, -0.25) is 4.79 Å². The lowest BCUT2D eigenvalue weighted by Crippen LogP contribution is -2.25. The Morgan fingerprint density at radius 1 is 0.846 bits per heavy atom. The number of nitrogens with zero attached hydrogens (tertiary/aromatic N) is 3. The van der Waals surface area contributed by atoms with Crippen molar-refractivity contribution in [1.29, 1.82) is 0 Å². The summed E-state index contributed by atoms with van der Waals surface area (Å²) in [6.07, 6.45) is 8.17. The molecule has 0 fully saturated rings. The fraction of sp³-hybridized carbons (Fsp3) is 0.364. The van der Waals surface area contributed by atoms with Gasteiger partial charge in [0.1, 0.15) is 0 Å². The fourth-order valence-electron chi connectivity index (χ4n) is 4.64. The monoisotopic (exact) mass is 524 g/mol. The van der Waals surface area contributed by atoms with Gasteiger partial charge >= 0.3 is 0 Å². The first kappa shape index (κ1) is 28.1. The van der Waals surface area contributed by atoms with Crippen molar-refractivity contribution in [2.24, 2.45) is 0 Å². The van der Waals surface area contributed by atoms with Crippen molar-refractivity contribution < 1.29 is 9.21 Å². The van der Waals surface area contributed by atoms with Crippen LogP contribution in [0.4, 0.5) is 11.4 Å². The Labute approximate surface area is 232 Å². The fourth-order valence-corrected chi connectivity index (χ4v) is 4.64. The number of anilines is 2. The summed E-state index contributed by atoms with van der Waals surface area (Å²) in [5, 5.41) is 11.9. The summed E-state index contributed by atoms with van der Waals surface area (Å²) in [6.45, 7) is 4.92. The Morgan fingerprint density at radius 3 is 2.44 bits per heavy atom. The Morgan fingerprint density at radius 2 is 1.64 bits per heavy atom. The van der Waals surface area contributed by atoms with Crippen LogP contribution in [0.2, 0.25) is 0 Å². The maximum Gasteiger partial charge on any atom is 0.249 e. The maximum atomic E-state index is 12.6. The molecule has 0 bridgehead atoms. The van der Waals surface area contributed by atoms with E-state index in [1.165, 1.54) is 19.3 Å². The number of benzene rings is 3. The third-order valence-electron chi connectivity index (χ3n) is 6.85. The zero-order valence-electron chi connectivity index (χ0n) is 23.5. The predicted octanol–water partition coefficient (Wildman–Crippen LogP) is 8.42.